The number of carbonyl (C=O) groups is 2. The first-order valence-corrected chi connectivity index (χ1v) is 11.0. The van der Waals surface area contributed by atoms with Gasteiger partial charge in [0.05, 0.1) is 12.0 Å². The molecule has 0 saturated carbocycles. The minimum atomic E-state index is -0.506. The van der Waals surface area contributed by atoms with Crippen molar-refractivity contribution >= 4 is 27.7 Å². The molecular weight excluding hydrogens is 422 g/mol. The smallest absolute Gasteiger partial charge is 0.234 e. The van der Waals surface area contributed by atoms with E-state index < -0.39 is 5.41 Å². The van der Waals surface area contributed by atoms with Crippen molar-refractivity contribution in [2.24, 2.45) is 0 Å². The summed E-state index contributed by atoms with van der Waals surface area (Å²) in [4.78, 5) is 29.8. The van der Waals surface area contributed by atoms with E-state index in [0.29, 0.717) is 45.7 Å². The molecule has 2 heterocycles. The van der Waals surface area contributed by atoms with Crippen molar-refractivity contribution in [1.29, 1.82) is 0 Å². The monoisotopic (exact) mass is 451 g/mol. The number of nitrogens with one attached hydrogen (secondary N) is 1. The van der Waals surface area contributed by atoms with Gasteiger partial charge in [-0.2, -0.15) is 0 Å². The van der Waals surface area contributed by atoms with E-state index in [4.69, 9.17) is 4.74 Å². The zero-order chi connectivity index (χ0) is 20.0. The van der Waals surface area contributed by atoms with Gasteiger partial charge in [0.15, 0.2) is 0 Å². The Balaban J connectivity index is 1.72. The molecule has 0 radical (unpaired) electrons. The standard InChI is InChI=1S/C21H30BrN3O3/c1-2-23-19(26)16-24-10-3-11-25(13-12-24)20(27)21(8-14-28-15-9-21)17-4-6-18(22)7-5-17/h4-7H,2-3,8-16H2,1H3,(H,23,26). The van der Waals surface area contributed by atoms with Crippen LogP contribution in [0.2, 0.25) is 0 Å². The van der Waals surface area contributed by atoms with Crippen molar-refractivity contribution < 1.29 is 14.3 Å². The number of nitrogens with zero attached hydrogens (tertiary/aromatic N) is 2. The second-order valence-electron chi connectivity index (χ2n) is 7.58. The minimum Gasteiger partial charge on any atom is -0.381 e. The number of hydrogen-bond acceptors (Lipinski definition) is 4. The summed E-state index contributed by atoms with van der Waals surface area (Å²) >= 11 is 3.49. The van der Waals surface area contributed by atoms with Crippen LogP contribution in [0.15, 0.2) is 28.7 Å². The maximum Gasteiger partial charge on any atom is 0.234 e. The molecule has 0 unspecified atom stereocenters. The second-order valence-corrected chi connectivity index (χ2v) is 8.49. The molecule has 0 aromatic heterocycles. The molecule has 0 bridgehead atoms. The summed E-state index contributed by atoms with van der Waals surface area (Å²) in [5.41, 5.74) is 0.570. The highest BCUT2D eigenvalue weighted by atomic mass is 79.9. The fourth-order valence-corrected chi connectivity index (χ4v) is 4.47. The summed E-state index contributed by atoms with van der Waals surface area (Å²) in [6.45, 7) is 7.18. The Morgan fingerprint density at radius 2 is 1.82 bits per heavy atom. The van der Waals surface area contributed by atoms with Gasteiger partial charge in [0.25, 0.3) is 0 Å². The van der Waals surface area contributed by atoms with E-state index in [1.165, 1.54) is 0 Å². The lowest BCUT2D eigenvalue weighted by atomic mass is 9.73. The Morgan fingerprint density at radius 1 is 1.11 bits per heavy atom. The first-order valence-electron chi connectivity index (χ1n) is 10.2. The molecule has 28 heavy (non-hydrogen) atoms. The van der Waals surface area contributed by atoms with E-state index in [9.17, 15) is 9.59 Å². The average Bonchev–Trinajstić information content (AvgIpc) is 2.94. The normalized spacial score (nSPS) is 20.4. The molecule has 0 atom stereocenters. The third-order valence-electron chi connectivity index (χ3n) is 5.77. The maximum atomic E-state index is 13.7. The molecule has 2 saturated heterocycles. The quantitative estimate of drug-likeness (QED) is 0.744. The van der Waals surface area contributed by atoms with Gasteiger partial charge in [-0.3, -0.25) is 14.5 Å². The SMILES string of the molecule is CCNC(=O)CN1CCCN(C(=O)C2(c3ccc(Br)cc3)CCOCC2)CC1. The number of hydrogen-bond donors (Lipinski definition) is 1. The molecule has 2 aliphatic heterocycles. The van der Waals surface area contributed by atoms with Crippen molar-refractivity contribution in [3.63, 3.8) is 0 Å². The average molecular weight is 452 g/mol. The molecule has 2 fully saturated rings. The Hall–Kier alpha value is -1.44. The molecule has 154 valence electrons. The highest BCUT2D eigenvalue weighted by Gasteiger charge is 2.44. The fraction of sp³-hybridized carbons (Fsp3) is 0.619. The van der Waals surface area contributed by atoms with Crippen LogP contribution in [0, 0.1) is 0 Å². The lowest BCUT2D eigenvalue weighted by Crippen LogP contribution is -2.51. The first-order chi connectivity index (χ1) is 13.5. The molecule has 2 amide bonds. The van der Waals surface area contributed by atoms with Gasteiger partial charge in [-0.05, 0) is 43.9 Å². The molecular formula is C21H30BrN3O3. The molecule has 7 heteroatoms. The Labute approximate surface area is 175 Å². The van der Waals surface area contributed by atoms with Crippen LogP contribution in [0.1, 0.15) is 31.7 Å². The Kier molecular flexibility index (Phi) is 7.48. The van der Waals surface area contributed by atoms with Crippen LogP contribution in [0.4, 0.5) is 0 Å². The lowest BCUT2D eigenvalue weighted by molar-refractivity contribution is -0.141. The van der Waals surface area contributed by atoms with E-state index in [-0.39, 0.29) is 11.8 Å². The van der Waals surface area contributed by atoms with Gasteiger partial charge in [0.1, 0.15) is 0 Å². The molecule has 6 nitrogen and oxygen atoms in total. The topological polar surface area (TPSA) is 61.9 Å². The van der Waals surface area contributed by atoms with Gasteiger partial charge in [-0.1, -0.05) is 28.1 Å². The lowest BCUT2D eigenvalue weighted by Gasteiger charge is -2.40. The largest absolute Gasteiger partial charge is 0.381 e. The molecule has 2 aliphatic rings. The highest BCUT2D eigenvalue weighted by Crippen LogP contribution is 2.37. The number of ether oxygens (including phenoxy) is 1. The van der Waals surface area contributed by atoms with E-state index in [0.717, 1.165) is 36.1 Å². The van der Waals surface area contributed by atoms with Gasteiger partial charge in [0.2, 0.25) is 11.8 Å². The number of likely N-dealkylation sites (N-methyl/N-ethyl adjacent to an activating group) is 1. The van der Waals surface area contributed by atoms with Gasteiger partial charge in [-0.15, -0.1) is 0 Å². The number of halogens is 1. The van der Waals surface area contributed by atoms with E-state index in [2.05, 4.69) is 38.3 Å². The second kappa shape index (κ2) is 9.85. The van der Waals surface area contributed by atoms with Gasteiger partial charge >= 0.3 is 0 Å². The van der Waals surface area contributed by atoms with Crippen LogP contribution in [0.25, 0.3) is 0 Å². The predicted molar refractivity (Wildman–Crippen MR) is 112 cm³/mol. The van der Waals surface area contributed by atoms with Crippen LogP contribution < -0.4 is 5.32 Å². The van der Waals surface area contributed by atoms with Gasteiger partial charge in [0, 0.05) is 50.4 Å². The van der Waals surface area contributed by atoms with Crippen molar-refractivity contribution in [3.8, 4) is 0 Å². The van der Waals surface area contributed by atoms with Crippen molar-refractivity contribution in [2.75, 3.05) is 52.5 Å². The van der Waals surface area contributed by atoms with Crippen LogP contribution in [0.3, 0.4) is 0 Å². The molecule has 1 aromatic carbocycles. The van der Waals surface area contributed by atoms with Gasteiger partial charge < -0.3 is 15.0 Å². The fourth-order valence-electron chi connectivity index (χ4n) is 4.21. The van der Waals surface area contributed by atoms with E-state index in [1.807, 2.05) is 24.0 Å². The zero-order valence-corrected chi connectivity index (χ0v) is 18.2. The third-order valence-corrected chi connectivity index (χ3v) is 6.30. The number of rotatable bonds is 5. The number of benzene rings is 1. The van der Waals surface area contributed by atoms with Crippen LogP contribution >= 0.6 is 15.9 Å². The number of amides is 2. The summed E-state index contributed by atoms with van der Waals surface area (Å²) in [5, 5.41) is 2.85. The molecule has 1 N–H and O–H groups in total. The third kappa shape index (κ3) is 4.93. The van der Waals surface area contributed by atoms with Crippen LogP contribution in [-0.4, -0.2) is 74.1 Å². The minimum absolute atomic E-state index is 0.0537. The molecule has 0 aliphatic carbocycles. The predicted octanol–water partition coefficient (Wildman–Crippen LogP) is 2.17. The summed E-state index contributed by atoms with van der Waals surface area (Å²) < 4.78 is 6.60. The van der Waals surface area contributed by atoms with Crippen molar-refractivity contribution in [3.05, 3.63) is 34.3 Å². The zero-order valence-electron chi connectivity index (χ0n) is 16.6. The maximum absolute atomic E-state index is 13.7. The van der Waals surface area contributed by atoms with E-state index in [1.54, 1.807) is 0 Å². The molecule has 1 aromatic rings. The summed E-state index contributed by atoms with van der Waals surface area (Å²) in [5.74, 6) is 0.260. The van der Waals surface area contributed by atoms with Crippen LogP contribution in [-0.2, 0) is 19.7 Å². The Bertz CT molecular complexity index is 674. The molecule has 3 rings (SSSR count). The van der Waals surface area contributed by atoms with Gasteiger partial charge in [-0.25, -0.2) is 0 Å². The number of carbonyl (C=O) groups excluding carboxylic acids is 2. The van der Waals surface area contributed by atoms with E-state index >= 15 is 0 Å². The van der Waals surface area contributed by atoms with Crippen LogP contribution in [0.5, 0.6) is 0 Å². The first kappa shape index (κ1) is 21.3. The Morgan fingerprint density at radius 3 is 2.50 bits per heavy atom. The van der Waals surface area contributed by atoms with Crippen molar-refractivity contribution in [2.45, 2.75) is 31.6 Å². The summed E-state index contributed by atoms with van der Waals surface area (Å²) in [6.07, 6.45) is 2.32. The van der Waals surface area contributed by atoms with Crippen molar-refractivity contribution in [1.82, 2.24) is 15.1 Å². The summed E-state index contributed by atoms with van der Waals surface area (Å²) in [7, 11) is 0. The highest BCUT2D eigenvalue weighted by molar-refractivity contribution is 9.10. The molecule has 0 spiro atoms. The summed E-state index contributed by atoms with van der Waals surface area (Å²) in [6, 6.07) is 8.14.